The average Bonchev–Trinajstić information content (AvgIpc) is 2.97. The van der Waals surface area contributed by atoms with Crippen LogP contribution in [0.15, 0.2) is 48.6 Å². The lowest BCUT2D eigenvalue weighted by Crippen LogP contribution is -2.44. The van der Waals surface area contributed by atoms with Crippen LogP contribution in [0.2, 0.25) is 5.02 Å². The summed E-state index contributed by atoms with van der Waals surface area (Å²) in [4.78, 5) is 15.6. The first-order valence-electron chi connectivity index (χ1n) is 15.3. The lowest BCUT2D eigenvalue weighted by atomic mass is 9.70. The third-order valence-corrected chi connectivity index (χ3v) is 10.5. The number of anilines is 1. The molecule has 1 amide bonds. The van der Waals surface area contributed by atoms with Gasteiger partial charge in [-0.25, -0.2) is 13.1 Å². The molecule has 2 bridgehead atoms. The highest BCUT2D eigenvalue weighted by atomic mass is 35.5. The zero-order valence-electron chi connectivity index (χ0n) is 25.1. The van der Waals surface area contributed by atoms with Gasteiger partial charge in [-0.3, -0.25) is 4.79 Å². The summed E-state index contributed by atoms with van der Waals surface area (Å²) >= 11 is 6.32. The van der Waals surface area contributed by atoms with Crippen molar-refractivity contribution in [2.24, 2.45) is 17.8 Å². The van der Waals surface area contributed by atoms with Crippen molar-refractivity contribution in [2.45, 2.75) is 58.2 Å². The number of rotatable bonds is 4. The van der Waals surface area contributed by atoms with Crippen molar-refractivity contribution in [2.75, 3.05) is 44.1 Å². The number of amides is 1. The number of nitrogens with zero attached hydrogens (tertiary/aromatic N) is 1. The summed E-state index contributed by atoms with van der Waals surface area (Å²) in [6.45, 7) is 4.84. The maximum absolute atomic E-state index is 13.2. The summed E-state index contributed by atoms with van der Waals surface area (Å²) in [7, 11) is -2.17. The number of carbonyl (C=O) groups excluding carboxylic acids is 1. The van der Waals surface area contributed by atoms with Crippen LogP contribution in [-0.4, -0.2) is 59.6 Å². The van der Waals surface area contributed by atoms with Gasteiger partial charge >= 0.3 is 0 Å². The average molecular weight is 631 g/mol. The van der Waals surface area contributed by atoms with E-state index in [9.17, 15) is 13.2 Å². The number of hydrogen-bond acceptors (Lipinski definition) is 7. The van der Waals surface area contributed by atoms with Gasteiger partial charge in [0.1, 0.15) is 12.4 Å². The summed E-state index contributed by atoms with van der Waals surface area (Å²) in [5.74, 6) is 0.462. The van der Waals surface area contributed by atoms with E-state index < -0.39 is 15.9 Å². The van der Waals surface area contributed by atoms with Crippen LogP contribution < -0.4 is 14.4 Å². The molecule has 2 aromatic rings. The van der Waals surface area contributed by atoms with E-state index in [0.29, 0.717) is 54.4 Å². The van der Waals surface area contributed by atoms with Gasteiger partial charge in [0.05, 0.1) is 30.8 Å². The lowest BCUT2D eigenvalue weighted by molar-refractivity contribution is -0.0308. The number of aryl methyl sites for hydroxylation is 1. The van der Waals surface area contributed by atoms with Gasteiger partial charge in [0.25, 0.3) is 5.91 Å². The fourth-order valence-corrected chi connectivity index (χ4v) is 7.90. The van der Waals surface area contributed by atoms with Gasteiger partial charge in [-0.05, 0) is 97.7 Å². The molecule has 234 valence electrons. The Balaban J connectivity index is 1.51. The maximum Gasteiger partial charge on any atom is 0.264 e. The van der Waals surface area contributed by atoms with Gasteiger partial charge in [0.2, 0.25) is 10.0 Å². The van der Waals surface area contributed by atoms with Crippen LogP contribution in [0, 0.1) is 17.8 Å². The van der Waals surface area contributed by atoms with Crippen molar-refractivity contribution in [3.8, 4) is 5.75 Å². The number of hydrogen-bond donors (Lipinski definition) is 1. The van der Waals surface area contributed by atoms with Gasteiger partial charge in [0.15, 0.2) is 0 Å². The molecule has 1 aliphatic carbocycles. The van der Waals surface area contributed by atoms with Crippen LogP contribution in [0.25, 0.3) is 0 Å². The number of methoxy groups -OCH3 is 1. The van der Waals surface area contributed by atoms with Gasteiger partial charge in [0, 0.05) is 30.8 Å². The maximum atomic E-state index is 13.2. The van der Waals surface area contributed by atoms with E-state index in [1.165, 1.54) is 5.56 Å². The smallest absolute Gasteiger partial charge is 0.264 e. The minimum atomic E-state index is -3.83. The van der Waals surface area contributed by atoms with E-state index in [1.54, 1.807) is 25.3 Å². The van der Waals surface area contributed by atoms with E-state index >= 15 is 0 Å². The molecule has 2 heterocycles. The van der Waals surface area contributed by atoms with Crippen molar-refractivity contribution in [1.29, 1.82) is 0 Å². The standard InChI is InChI=1S/C33H43ClN2O6S/c1-23-6-5-8-31(41-17-16-40-2)29-13-10-26(29)20-36-15-4-3-7-24-18-28(34)12-9-27(24)21-42-32-14-11-25(19-30(32)36)33(37)35-43(38,39)22-23/h5,8-9,11-12,14,18-19,23,26,29,31H,3-4,6-7,10,13,15-17,20-22H2,1-2H3,(H,35,37)/b8-5+/t23-,26+,29+,31+/m1/s1. The van der Waals surface area contributed by atoms with Crippen molar-refractivity contribution in [3.05, 3.63) is 70.3 Å². The monoisotopic (exact) mass is 630 g/mol. The van der Waals surface area contributed by atoms with Gasteiger partial charge in [-0.15, -0.1) is 0 Å². The summed E-state index contributed by atoms with van der Waals surface area (Å²) in [5.41, 5.74) is 3.37. The second-order valence-corrected chi connectivity index (χ2v) is 14.3. The molecule has 8 nitrogen and oxygen atoms in total. The molecule has 10 heteroatoms. The molecule has 1 saturated carbocycles. The third-order valence-electron chi connectivity index (χ3n) is 8.80. The van der Waals surface area contributed by atoms with E-state index in [4.69, 9.17) is 25.8 Å². The van der Waals surface area contributed by atoms with E-state index in [2.05, 4.69) is 15.7 Å². The van der Waals surface area contributed by atoms with Gasteiger partial charge in [-0.1, -0.05) is 36.7 Å². The first kappa shape index (κ1) is 31.8. The molecular weight excluding hydrogens is 588 g/mol. The Morgan fingerprint density at radius 1 is 1.09 bits per heavy atom. The quantitative estimate of drug-likeness (QED) is 0.338. The largest absolute Gasteiger partial charge is 0.487 e. The summed E-state index contributed by atoms with van der Waals surface area (Å²) in [6, 6.07) is 11.1. The van der Waals surface area contributed by atoms with Crippen molar-refractivity contribution in [1.82, 2.24) is 4.72 Å². The number of ether oxygens (including phenoxy) is 3. The molecule has 2 aromatic carbocycles. The number of halogens is 1. The van der Waals surface area contributed by atoms with Crippen molar-refractivity contribution in [3.63, 3.8) is 0 Å². The predicted octanol–water partition coefficient (Wildman–Crippen LogP) is 5.78. The number of allylic oxidation sites excluding steroid dienone is 1. The molecule has 0 aromatic heterocycles. The van der Waals surface area contributed by atoms with E-state index in [1.807, 2.05) is 31.2 Å². The van der Waals surface area contributed by atoms with Crippen molar-refractivity contribution < 1.29 is 27.4 Å². The molecule has 43 heavy (non-hydrogen) atoms. The van der Waals surface area contributed by atoms with Crippen LogP contribution in [-0.2, 0) is 32.5 Å². The summed E-state index contributed by atoms with van der Waals surface area (Å²) < 4.78 is 46.2. The Morgan fingerprint density at radius 3 is 2.74 bits per heavy atom. The van der Waals surface area contributed by atoms with E-state index in [-0.39, 0.29) is 17.8 Å². The van der Waals surface area contributed by atoms with Gasteiger partial charge in [-0.2, -0.15) is 0 Å². The summed E-state index contributed by atoms with van der Waals surface area (Å²) in [6.07, 6.45) is 9.62. The molecule has 4 atom stereocenters. The second kappa shape index (κ2) is 14.5. The highest BCUT2D eigenvalue weighted by Gasteiger charge is 2.38. The van der Waals surface area contributed by atoms with Crippen LogP contribution in [0.3, 0.4) is 0 Å². The SMILES string of the molecule is COCCO[C@H]1/C=C/C[C@@H](C)CS(=O)(=O)NC(=O)c2ccc3c(c2)N(CCCCc2cc(Cl)ccc2CO3)C[C@@H]2CC[C@@H]21. The Labute approximate surface area is 260 Å². The first-order chi connectivity index (χ1) is 20.7. The minimum absolute atomic E-state index is 0.0736. The molecule has 3 aliphatic rings. The Kier molecular flexibility index (Phi) is 10.7. The number of sulfonamides is 1. The molecule has 2 aliphatic heterocycles. The Morgan fingerprint density at radius 2 is 1.95 bits per heavy atom. The normalized spacial score (nSPS) is 26.9. The second-order valence-electron chi connectivity index (χ2n) is 12.1. The number of benzene rings is 2. The van der Waals surface area contributed by atoms with Crippen LogP contribution in [0.5, 0.6) is 5.75 Å². The molecule has 0 spiro atoms. The van der Waals surface area contributed by atoms with Crippen LogP contribution in [0.1, 0.15) is 60.5 Å². The highest BCUT2D eigenvalue weighted by molar-refractivity contribution is 7.90. The molecule has 5 rings (SSSR count). The minimum Gasteiger partial charge on any atom is -0.487 e. The molecule has 0 saturated heterocycles. The first-order valence-corrected chi connectivity index (χ1v) is 17.4. The number of carbonyl (C=O) groups is 1. The molecule has 1 fully saturated rings. The topological polar surface area (TPSA) is 94.2 Å². The highest BCUT2D eigenvalue weighted by Crippen LogP contribution is 2.42. The zero-order valence-corrected chi connectivity index (χ0v) is 26.7. The van der Waals surface area contributed by atoms with Crippen LogP contribution in [0.4, 0.5) is 5.69 Å². The zero-order chi connectivity index (χ0) is 30.4. The fourth-order valence-electron chi connectivity index (χ4n) is 6.34. The number of fused-ring (bicyclic) bond motifs is 3. The molecule has 1 N–H and O–H groups in total. The van der Waals surface area contributed by atoms with Crippen molar-refractivity contribution >= 4 is 33.2 Å². The van der Waals surface area contributed by atoms with Crippen LogP contribution >= 0.6 is 11.6 Å². The van der Waals surface area contributed by atoms with Gasteiger partial charge < -0.3 is 19.1 Å². The predicted molar refractivity (Wildman–Crippen MR) is 169 cm³/mol. The third kappa shape index (κ3) is 8.32. The number of nitrogens with one attached hydrogen (secondary N) is 1. The lowest BCUT2D eigenvalue weighted by Gasteiger charge is -2.44. The van der Waals surface area contributed by atoms with E-state index in [0.717, 1.165) is 56.4 Å². The summed E-state index contributed by atoms with van der Waals surface area (Å²) in [5, 5.41) is 0.715. The Hall–Kier alpha value is -2.59. The fraction of sp³-hybridized carbons (Fsp3) is 0.545. The molecule has 0 radical (unpaired) electrons. The molecular formula is C33H43ClN2O6S. The Bertz CT molecular complexity index is 1410. The molecule has 0 unspecified atom stereocenters.